The van der Waals surface area contributed by atoms with Gasteiger partial charge >= 0.3 is 39.5 Å². The fourth-order valence-electron chi connectivity index (χ4n) is 11.2. The molecular formula is C73H142O17P2. The Morgan fingerprint density at radius 3 is 0.641 bits per heavy atom. The number of aliphatic hydroxyl groups excluding tert-OH is 1. The first-order chi connectivity index (χ1) is 44.7. The molecule has 0 bridgehead atoms. The monoisotopic (exact) mass is 1350 g/mol. The molecule has 0 heterocycles. The number of hydrogen-bond donors (Lipinski definition) is 3. The summed E-state index contributed by atoms with van der Waals surface area (Å²) in [4.78, 5) is 72.5. The van der Waals surface area contributed by atoms with Gasteiger partial charge in [-0.3, -0.25) is 37.3 Å². The molecule has 0 rings (SSSR count). The minimum Gasteiger partial charge on any atom is -0.462 e. The highest BCUT2D eigenvalue weighted by molar-refractivity contribution is 7.47. The van der Waals surface area contributed by atoms with Gasteiger partial charge in [0.15, 0.2) is 12.2 Å². The molecule has 2 unspecified atom stereocenters. The van der Waals surface area contributed by atoms with Crippen LogP contribution < -0.4 is 0 Å². The second-order valence-corrected chi connectivity index (χ2v) is 29.2. The number of phosphoric ester groups is 2. The first kappa shape index (κ1) is 90.1. The first-order valence-corrected chi connectivity index (χ1v) is 41.3. The van der Waals surface area contributed by atoms with Gasteiger partial charge in [0.2, 0.25) is 0 Å². The normalized spacial score (nSPS) is 13.9. The van der Waals surface area contributed by atoms with Crippen LogP contribution in [0.15, 0.2) is 0 Å². The Bertz CT molecular complexity index is 1760. The van der Waals surface area contributed by atoms with Crippen LogP contribution in [0.3, 0.4) is 0 Å². The van der Waals surface area contributed by atoms with Crippen molar-refractivity contribution in [1.29, 1.82) is 0 Å². The predicted octanol–water partition coefficient (Wildman–Crippen LogP) is 21.4. The molecule has 0 fully saturated rings. The summed E-state index contributed by atoms with van der Waals surface area (Å²) in [7, 11) is -9.89. The quantitative estimate of drug-likeness (QED) is 0.0222. The van der Waals surface area contributed by atoms with Crippen molar-refractivity contribution in [2.24, 2.45) is 0 Å². The van der Waals surface area contributed by atoms with Crippen molar-refractivity contribution in [2.75, 3.05) is 39.6 Å². The van der Waals surface area contributed by atoms with Crippen LogP contribution in [0.2, 0.25) is 0 Å². The maximum absolute atomic E-state index is 13.1. The number of aliphatic hydroxyl groups is 1. The molecule has 0 aliphatic heterocycles. The zero-order chi connectivity index (χ0) is 67.5. The third kappa shape index (κ3) is 66.7. The van der Waals surface area contributed by atoms with Crippen LogP contribution in [0, 0.1) is 0 Å². The van der Waals surface area contributed by atoms with Gasteiger partial charge in [0.05, 0.1) is 26.4 Å². The average Bonchev–Trinajstić information content (AvgIpc) is 2.37. The summed E-state index contributed by atoms with van der Waals surface area (Å²) in [5, 5.41) is 10.6. The summed E-state index contributed by atoms with van der Waals surface area (Å²) in [5.41, 5.74) is 0. The van der Waals surface area contributed by atoms with E-state index in [0.717, 1.165) is 103 Å². The summed E-state index contributed by atoms with van der Waals surface area (Å²) >= 11 is 0. The van der Waals surface area contributed by atoms with Gasteiger partial charge < -0.3 is 33.8 Å². The Morgan fingerprint density at radius 1 is 0.261 bits per heavy atom. The highest BCUT2D eigenvalue weighted by Gasteiger charge is 2.30. The Balaban J connectivity index is 5.15. The summed E-state index contributed by atoms with van der Waals surface area (Å²) in [6.45, 7) is 4.91. The minimum absolute atomic E-state index is 0.105. The number of hydrogen-bond acceptors (Lipinski definition) is 15. The number of unbranched alkanes of at least 4 members (excludes halogenated alkanes) is 48. The molecule has 0 radical (unpaired) electrons. The van der Waals surface area contributed by atoms with E-state index in [1.54, 1.807) is 0 Å². The van der Waals surface area contributed by atoms with Gasteiger partial charge in [-0.05, 0) is 25.7 Å². The number of phosphoric acid groups is 2. The van der Waals surface area contributed by atoms with E-state index in [0.29, 0.717) is 25.7 Å². The van der Waals surface area contributed by atoms with E-state index in [4.69, 9.17) is 37.0 Å². The van der Waals surface area contributed by atoms with Crippen LogP contribution in [0.4, 0.5) is 0 Å². The summed E-state index contributed by atoms with van der Waals surface area (Å²) in [5.74, 6) is -2.12. The van der Waals surface area contributed by atoms with E-state index in [9.17, 15) is 43.2 Å². The Kier molecular flexibility index (Phi) is 66.2. The maximum Gasteiger partial charge on any atom is 0.472 e. The van der Waals surface area contributed by atoms with E-state index in [2.05, 4.69) is 27.7 Å². The highest BCUT2D eigenvalue weighted by atomic mass is 31.2. The molecule has 546 valence electrons. The standard InChI is InChI=1S/C73H142O17P2/c1-5-9-13-17-21-25-27-29-31-33-34-36-38-40-42-44-48-52-56-60-73(78)90-69(64-84-71(76)58-54-50-47-43-41-39-37-35-32-30-28-26-22-18-14-10-6-2)66-88-92(81,82)86-62-67(74)61-85-91(79,80)87-65-68(89-72(77)59-55-51-46-24-20-16-12-8-4)63-83-70(75)57-53-49-45-23-19-15-11-7-3/h67-69,74H,5-66H2,1-4H3,(H,79,80)(H,81,82)/t67-,68+,69+/m0/s1. The fraction of sp³-hybridized carbons (Fsp3) is 0.945. The molecule has 0 saturated carbocycles. The van der Waals surface area contributed by atoms with Gasteiger partial charge in [0, 0.05) is 25.7 Å². The van der Waals surface area contributed by atoms with Crippen molar-refractivity contribution in [3.8, 4) is 0 Å². The van der Waals surface area contributed by atoms with Crippen molar-refractivity contribution in [1.82, 2.24) is 0 Å². The van der Waals surface area contributed by atoms with E-state index in [-0.39, 0.29) is 25.7 Å². The highest BCUT2D eigenvalue weighted by Crippen LogP contribution is 2.45. The molecule has 19 heteroatoms. The van der Waals surface area contributed by atoms with E-state index >= 15 is 0 Å². The van der Waals surface area contributed by atoms with Crippen LogP contribution in [-0.2, 0) is 65.4 Å². The summed E-state index contributed by atoms with van der Waals surface area (Å²) in [6.07, 6.45) is 57.1. The van der Waals surface area contributed by atoms with Crippen molar-refractivity contribution in [3.05, 3.63) is 0 Å². The molecule has 0 aliphatic rings. The third-order valence-corrected chi connectivity index (χ3v) is 19.0. The maximum atomic E-state index is 13.1. The van der Waals surface area contributed by atoms with E-state index < -0.39 is 97.5 Å². The molecule has 3 N–H and O–H groups in total. The van der Waals surface area contributed by atoms with Gasteiger partial charge in [0.1, 0.15) is 19.3 Å². The van der Waals surface area contributed by atoms with Gasteiger partial charge in [-0.2, -0.15) is 0 Å². The average molecular weight is 1350 g/mol. The Hall–Kier alpha value is -1.94. The van der Waals surface area contributed by atoms with Gasteiger partial charge in [-0.15, -0.1) is 0 Å². The second-order valence-electron chi connectivity index (χ2n) is 26.3. The lowest BCUT2D eigenvalue weighted by Crippen LogP contribution is -2.30. The molecule has 0 aromatic heterocycles. The van der Waals surface area contributed by atoms with Crippen molar-refractivity contribution < 1.29 is 80.2 Å². The molecule has 0 saturated heterocycles. The number of rotatable bonds is 74. The lowest BCUT2D eigenvalue weighted by molar-refractivity contribution is -0.161. The van der Waals surface area contributed by atoms with Gasteiger partial charge in [0.25, 0.3) is 0 Å². The zero-order valence-electron chi connectivity index (χ0n) is 59.5. The van der Waals surface area contributed by atoms with Crippen LogP contribution >= 0.6 is 15.6 Å². The summed E-state index contributed by atoms with van der Waals surface area (Å²) in [6, 6.07) is 0. The molecular weight excluding hydrogens is 1210 g/mol. The molecule has 17 nitrogen and oxygen atoms in total. The lowest BCUT2D eigenvalue weighted by Gasteiger charge is -2.21. The molecule has 0 aromatic rings. The van der Waals surface area contributed by atoms with E-state index in [1.807, 2.05) is 0 Å². The SMILES string of the molecule is CCCCCCCCCCCCCCCCCCCCCC(=O)O[C@H](COC(=O)CCCCCCCCCCCCCCCCCCC)COP(=O)(O)OC[C@@H](O)COP(=O)(O)OC[C@@H](COC(=O)CCCCCCCCCC)OC(=O)CCCCCCCCCC. The molecule has 5 atom stereocenters. The van der Waals surface area contributed by atoms with Crippen LogP contribution in [0.25, 0.3) is 0 Å². The topological polar surface area (TPSA) is 237 Å². The molecule has 92 heavy (non-hydrogen) atoms. The van der Waals surface area contributed by atoms with Crippen LogP contribution in [-0.4, -0.2) is 96.7 Å². The third-order valence-electron chi connectivity index (χ3n) is 17.1. The first-order valence-electron chi connectivity index (χ1n) is 38.3. The molecule has 0 spiro atoms. The van der Waals surface area contributed by atoms with Crippen molar-refractivity contribution in [2.45, 2.75) is 406 Å². The van der Waals surface area contributed by atoms with Crippen molar-refractivity contribution >= 4 is 39.5 Å². The molecule has 0 aliphatic carbocycles. The van der Waals surface area contributed by atoms with Crippen LogP contribution in [0.1, 0.15) is 387 Å². The minimum atomic E-state index is -4.95. The van der Waals surface area contributed by atoms with Gasteiger partial charge in [-0.25, -0.2) is 9.13 Å². The van der Waals surface area contributed by atoms with Crippen molar-refractivity contribution in [3.63, 3.8) is 0 Å². The Morgan fingerprint density at radius 2 is 0.435 bits per heavy atom. The number of carbonyl (C=O) groups excluding carboxylic acids is 4. The predicted molar refractivity (Wildman–Crippen MR) is 372 cm³/mol. The van der Waals surface area contributed by atoms with Crippen LogP contribution in [0.5, 0.6) is 0 Å². The second kappa shape index (κ2) is 67.6. The van der Waals surface area contributed by atoms with Gasteiger partial charge in [-0.1, -0.05) is 336 Å². The lowest BCUT2D eigenvalue weighted by atomic mass is 10.0. The smallest absolute Gasteiger partial charge is 0.462 e. The summed E-state index contributed by atoms with van der Waals surface area (Å²) < 4.78 is 68.2. The zero-order valence-corrected chi connectivity index (χ0v) is 61.3. The fourth-order valence-corrected chi connectivity index (χ4v) is 12.8. The van der Waals surface area contributed by atoms with E-state index in [1.165, 1.54) is 205 Å². The molecule has 0 aromatic carbocycles. The molecule has 0 amide bonds. The number of ether oxygens (including phenoxy) is 4. The Labute approximate surface area is 562 Å². The number of carbonyl (C=O) groups is 4. The number of esters is 4. The largest absolute Gasteiger partial charge is 0.472 e.